The molecule has 0 spiro atoms. The summed E-state index contributed by atoms with van der Waals surface area (Å²) in [5.74, 6) is -0.123. The molecule has 1 unspecified atom stereocenters. The topological polar surface area (TPSA) is 40.5 Å². The van der Waals surface area contributed by atoms with Crippen LogP contribution < -0.4 is 0 Å². The maximum atomic E-state index is 8.97. The van der Waals surface area contributed by atoms with E-state index in [-0.39, 0.29) is 11.5 Å². The minimum atomic E-state index is -0.0674. The smallest absolute Gasteiger partial charge is 0.157 e. The molecule has 0 fully saturated rings. The molecule has 68 valence electrons. The average Bonchev–Trinajstić information content (AvgIpc) is 2.13. The first-order valence-electron chi connectivity index (χ1n) is 3.95. The third kappa shape index (κ3) is 3.10. The fourth-order valence-electron chi connectivity index (χ4n) is 0.696. The van der Waals surface area contributed by atoms with E-state index in [1.165, 1.54) is 6.07 Å². The van der Waals surface area contributed by atoms with E-state index in [1.807, 2.05) is 13.8 Å². The summed E-state index contributed by atoms with van der Waals surface area (Å²) in [6.07, 6.45) is 0.786. The normalized spacial score (nSPS) is 8.58. The molecular weight excluding hydrogens is 171 g/mol. The molecule has 12 heavy (non-hydrogen) atoms. The van der Waals surface area contributed by atoms with Crippen molar-refractivity contribution >= 4 is 9.24 Å². The molecule has 0 aliphatic carbocycles. The highest BCUT2D eigenvalue weighted by Crippen LogP contribution is 2.25. The van der Waals surface area contributed by atoms with Crippen LogP contribution in [0, 0.1) is 0 Å². The number of phenols is 2. The van der Waals surface area contributed by atoms with Crippen LogP contribution in [0.2, 0.25) is 0 Å². The molecule has 1 aromatic carbocycles. The maximum Gasteiger partial charge on any atom is 0.157 e. The summed E-state index contributed by atoms with van der Waals surface area (Å²) in [6.45, 7) is 4.00. The zero-order chi connectivity index (χ0) is 9.56. The minimum absolute atomic E-state index is 0.0556. The number of hydrogen-bond acceptors (Lipinski definition) is 2. The lowest BCUT2D eigenvalue weighted by Gasteiger charge is -1.98. The van der Waals surface area contributed by atoms with Crippen LogP contribution >= 0.6 is 9.24 Å². The largest absolute Gasteiger partial charge is 0.504 e. The van der Waals surface area contributed by atoms with E-state index in [9.17, 15) is 0 Å². The van der Waals surface area contributed by atoms with E-state index in [0.29, 0.717) is 0 Å². The lowest BCUT2D eigenvalue weighted by Crippen LogP contribution is -1.75. The monoisotopic (exact) mass is 186 g/mol. The Bertz CT molecular complexity index is 236. The Morgan fingerprint density at radius 1 is 1.17 bits per heavy atom. The summed E-state index contributed by atoms with van der Waals surface area (Å²) in [6, 6.07) is 4.79. The highest BCUT2D eigenvalue weighted by Gasteiger charge is 1.97. The third-order valence-corrected chi connectivity index (χ3v) is 1.75. The second-order valence-electron chi connectivity index (χ2n) is 2.03. The molecule has 2 nitrogen and oxygen atoms in total. The second-order valence-corrected chi connectivity index (χ2v) is 2.44. The summed E-state index contributed by atoms with van der Waals surface area (Å²) in [5, 5.41) is 17.9. The molecule has 0 aliphatic rings. The van der Waals surface area contributed by atoms with Crippen molar-refractivity contribution in [3.05, 3.63) is 23.8 Å². The second kappa shape index (κ2) is 5.84. The fourth-order valence-corrected chi connectivity index (χ4v) is 0.950. The van der Waals surface area contributed by atoms with Gasteiger partial charge in [0, 0.05) is 0 Å². The van der Waals surface area contributed by atoms with E-state index < -0.39 is 0 Å². The summed E-state index contributed by atoms with van der Waals surface area (Å²) in [5.41, 5.74) is 0.986. The maximum absolute atomic E-state index is 8.97. The Labute approximate surface area is 75.5 Å². The Kier molecular flexibility index (Phi) is 5.48. The first-order valence-corrected chi connectivity index (χ1v) is 4.76. The van der Waals surface area contributed by atoms with E-state index in [1.54, 1.807) is 12.1 Å². The predicted molar refractivity (Wildman–Crippen MR) is 54.5 cm³/mol. The van der Waals surface area contributed by atoms with Crippen molar-refractivity contribution in [1.82, 2.24) is 0 Å². The van der Waals surface area contributed by atoms with Crippen LogP contribution in [0.25, 0.3) is 0 Å². The number of phenolic OH excluding ortho intramolecular Hbond substituents is 2. The van der Waals surface area contributed by atoms with E-state index >= 15 is 0 Å². The van der Waals surface area contributed by atoms with Crippen molar-refractivity contribution in [3.8, 4) is 11.5 Å². The van der Waals surface area contributed by atoms with Crippen LogP contribution in [0.1, 0.15) is 19.4 Å². The standard InChI is InChI=1S/C7H9O2P.C2H6/c8-6-2-1-5(4-10)3-7(6)9;1-2/h1-3,8-9H,4,10H2;1-2H3. The molecule has 0 bridgehead atoms. The van der Waals surface area contributed by atoms with Gasteiger partial charge >= 0.3 is 0 Å². The molecule has 1 rings (SSSR count). The zero-order valence-corrected chi connectivity index (χ0v) is 8.57. The molecule has 0 heterocycles. The number of aromatic hydroxyl groups is 2. The van der Waals surface area contributed by atoms with Crippen molar-refractivity contribution in [3.63, 3.8) is 0 Å². The van der Waals surface area contributed by atoms with Crippen molar-refractivity contribution in [1.29, 1.82) is 0 Å². The van der Waals surface area contributed by atoms with Gasteiger partial charge in [-0.15, -0.1) is 9.24 Å². The summed E-state index contributed by atoms with van der Waals surface area (Å²) < 4.78 is 0. The summed E-state index contributed by atoms with van der Waals surface area (Å²) in [7, 11) is 2.54. The Hall–Kier alpha value is -0.750. The van der Waals surface area contributed by atoms with Gasteiger partial charge in [-0.1, -0.05) is 19.9 Å². The van der Waals surface area contributed by atoms with Crippen LogP contribution in [0.15, 0.2) is 18.2 Å². The van der Waals surface area contributed by atoms with Gasteiger partial charge in [-0.3, -0.25) is 0 Å². The Morgan fingerprint density at radius 3 is 2.17 bits per heavy atom. The molecule has 0 saturated heterocycles. The fraction of sp³-hybridized carbons (Fsp3) is 0.333. The van der Waals surface area contributed by atoms with Gasteiger partial charge in [0.05, 0.1) is 0 Å². The number of hydrogen-bond donors (Lipinski definition) is 2. The number of benzene rings is 1. The molecule has 1 atom stereocenters. The SMILES string of the molecule is CC.Oc1ccc(CP)cc1O. The molecule has 0 aromatic heterocycles. The van der Waals surface area contributed by atoms with E-state index in [0.717, 1.165) is 11.7 Å². The molecule has 0 radical (unpaired) electrons. The molecule has 1 aromatic rings. The molecule has 0 aliphatic heterocycles. The van der Waals surface area contributed by atoms with Crippen LogP contribution in [-0.4, -0.2) is 10.2 Å². The van der Waals surface area contributed by atoms with E-state index in [2.05, 4.69) is 9.24 Å². The molecule has 2 N–H and O–H groups in total. The third-order valence-electron chi connectivity index (χ3n) is 1.28. The quantitative estimate of drug-likeness (QED) is 0.522. The van der Waals surface area contributed by atoms with E-state index in [4.69, 9.17) is 10.2 Å². The van der Waals surface area contributed by atoms with Gasteiger partial charge in [-0.2, -0.15) is 0 Å². The lowest BCUT2D eigenvalue weighted by atomic mass is 10.2. The van der Waals surface area contributed by atoms with Gasteiger partial charge in [0.25, 0.3) is 0 Å². The first-order chi connectivity index (χ1) is 5.74. The molecule has 0 saturated carbocycles. The van der Waals surface area contributed by atoms with Gasteiger partial charge in [-0.25, -0.2) is 0 Å². The molecule has 3 heteroatoms. The van der Waals surface area contributed by atoms with Crippen LogP contribution in [0.4, 0.5) is 0 Å². The van der Waals surface area contributed by atoms with Gasteiger partial charge in [0.15, 0.2) is 11.5 Å². The van der Waals surface area contributed by atoms with Crippen molar-refractivity contribution in [2.24, 2.45) is 0 Å². The summed E-state index contributed by atoms with van der Waals surface area (Å²) in [4.78, 5) is 0. The predicted octanol–water partition coefficient (Wildman–Crippen LogP) is 2.50. The van der Waals surface area contributed by atoms with Gasteiger partial charge in [0.1, 0.15) is 0 Å². The molecule has 0 amide bonds. The lowest BCUT2D eigenvalue weighted by molar-refractivity contribution is 0.403. The Balaban J connectivity index is 0.000000561. The summed E-state index contributed by atoms with van der Waals surface area (Å²) >= 11 is 0. The van der Waals surface area contributed by atoms with Crippen LogP contribution in [0.5, 0.6) is 11.5 Å². The zero-order valence-electron chi connectivity index (χ0n) is 7.41. The Morgan fingerprint density at radius 2 is 1.75 bits per heavy atom. The molecular formula is C9H15O2P. The van der Waals surface area contributed by atoms with Crippen molar-refractivity contribution in [2.75, 3.05) is 0 Å². The first kappa shape index (κ1) is 11.2. The van der Waals surface area contributed by atoms with Gasteiger partial charge in [-0.05, 0) is 23.9 Å². The van der Waals surface area contributed by atoms with Gasteiger partial charge in [0.2, 0.25) is 0 Å². The highest BCUT2D eigenvalue weighted by molar-refractivity contribution is 7.15. The highest BCUT2D eigenvalue weighted by atomic mass is 31.0. The van der Waals surface area contributed by atoms with Gasteiger partial charge < -0.3 is 10.2 Å². The van der Waals surface area contributed by atoms with Crippen molar-refractivity contribution in [2.45, 2.75) is 20.0 Å². The van der Waals surface area contributed by atoms with Crippen LogP contribution in [-0.2, 0) is 6.16 Å². The number of rotatable bonds is 1. The van der Waals surface area contributed by atoms with Crippen LogP contribution in [0.3, 0.4) is 0 Å². The average molecular weight is 186 g/mol. The van der Waals surface area contributed by atoms with Crippen molar-refractivity contribution < 1.29 is 10.2 Å². The minimum Gasteiger partial charge on any atom is -0.504 e.